The summed E-state index contributed by atoms with van der Waals surface area (Å²) in [6.45, 7) is 8.60. The quantitative estimate of drug-likeness (QED) is 0.792. The van der Waals surface area contributed by atoms with E-state index in [2.05, 4.69) is 28.6 Å². The topological polar surface area (TPSA) is 71.4 Å². The smallest absolute Gasteiger partial charge is 0.149 e. The Morgan fingerprint density at radius 2 is 1.76 bits per heavy atom. The molecule has 5 nitrogen and oxygen atoms in total. The molecule has 0 atom stereocenters. The molecule has 2 heterocycles. The van der Waals surface area contributed by atoms with Crippen LogP contribution in [0.25, 0.3) is 0 Å². The second kappa shape index (κ2) is 4.79. The van der Waals surface area contributed by atoms with Crippen LogP contribution in [-0.4, -0.2) is 42.1 Å². The van der Waals surface area contributed by atoms with Gasteiger partial charge in [-0.05, 0) is 26.0 Å². The maximum Gasteiger partial charge on any atom is 0.149 e. The molecule has 2 rings (SSSR count). The predicted molar refractivity (Wildman–Crippen MR) is 72.0 cm³/mol. The van der Waals surface area contributed by atoms with Gasteiger partial charge in [-0.15, -0.1) is 0 Å². The Kier molecular flexibility index (Phi) is 3.38. The number of rotatable bonds is 2. The highest BCUT2D eigenvalue weighted by molar-refractivity contribution is 5.62. The van der Waals surface area contributed by atoms with Gasteiger partial charge >= 0.3 is 0 Å². The molecule has 4 N–H and O–H groups in total. The van der Waals surface area contributed by atoms with Gasteiger partial charge in [0.2, 0.25) is 0 Å². The van der Waals surface area contributed by atoms with Gasteiger partial charge in [-0.25, -0.2) is 4.98 Å². The van der Waals surface area contributed by atoms with Crippen LogP contribution in [0.5, 0.6) is 0 Å². The van der Waals surface area contributed by atoms with E-state index in [4.69, 9.17) is 11.5 Å². The van der Waals surface area contributed by atoms with Gasteiger partial charge in [0.25, 0.3) is 0 Å². The SMILES string of the molecule is CC(C)N1CCN(c2ccc(N)c(N)n2)CC1. The molecule has 0 aliphatic carbocycles. The maximum atomic E-state index is 5.73. The molecule has 0 aromatic carbocycles. The molecule has 1 aromatic rings. The Labute approximate surface area is 102 Å². The summed E-state index contributed by atoms with van der Waals surface area (Å²) in [6.07, 6.45) is 0. The molecule has 0 bridgehead atoms. The van der Waals surface area contributed by atoms with Gasteiger partial charge in [-0.1, -0.05) is 0 Å². The monoisotopic (exact) mass is 235 g/mol. The molecule has 5 heteroatoms. The number of hydrogen-bond donors (Lipinski definition) is 2. The van der Waals surface area contributed by atoms with E-state index in [-0.39, 0.29) is 0 Å². The Balaban J connectivity index is 2.03. The first-order valence-electron chi connectivity index (χ1n) is 6.09. The highest BCUT2D eigenvalue weighted by Gasteiger charge is 2.19. The number of nitrogens with zero attached hydrogens (tertiary/aromatic N) is 3. The van der Waals surface area contributed by atoms with Crippen molar-refractivity contribution < 1.29 is 0 Å². The van der Waals surface area contributed by atoms with Crippen LogP contribution in [0, 0.1) is 0 Å². The summed E-state index contributed by atoms with van der Waals surface area (Å²) in [7, 11) is 0. The Hall–Kier alpha value is -1.49. The fraction of sp³-hybridized carbons (Fsp3) is 0.583. The maximum absolute atomic E-state index is 5.73. The lowest BCUT2D eigenvalue weighted by molar-refractivity contribution is 0.209. The summed E-state index contributed by atoms with van der Waals surface area (Å²) >= 11 is 0. The van der Waals surface area contributed by atoms with Crippen LogP contribution < -0.4 is 16.4 Å². The zero-order valence-electron chi connectivity index (χ0n) is 10.6. The fourth-order valence-corrected chi connectivity index (χ4v) is 2.12. The summed E-state index contributed by atoms with van der Waals surface area (Å²) < 4.78 is 0. The average molecular weight is 235 g/mol. The summed E-state index contributed by atoms with van der Waals surface area (Å²) in [4.78, 5) is 9.05. The molecule has 0 spiro atoms. The standard InChI is InChI=1S/C12H21N5/c1-9(2)16-5-7-17(8-6-16)11-4-3-10(13)12(14)15-11/h3-4,9H,5-8,13H2,1-2H3,(H2,14,15). The number of aromatic nitrogens is 1. The third kappa shape index (κ3) is 2.61. The van der Waals surface area contributed by atoms with E-state index < -0.39 is 0 Å². The molecule has 1 aliphatic heterocycles. The largest absolute Gasteiger partial charge is 0.396 e. The van der Waals surface area contributed by atoms with E-state index in [1.165, 1.54) is 0 Å². The number of nitrogen functional groups attached to an aromatic ring is 2. The van der Waals surface area contributed by atoms with E-state index in [0.717, 1.165) is 32.0 Å². The highest BCUT2D eigenvalue weighted by Crippen LogP contribution is 2.19. The molecule has 0 radical (unpaired) electrons. The van der Waals surface area contributed by atoms with Crippen molar-refractivity contribution in [3.8, 4) is 0 Å². The van der Waals surface area contributed by atoms with Gasteiger partial charge in [0.15, 0.2) is 0 Å². The predicted octanol–water partition coefficient (Wildman–Crippen LogP) is 0.776. The zero-order valence-corrected chi connectivity index (χ0v) is 10.6. The molecular formula is C12H21N5. The van der Waals surface area contributed by atoms with Crippen molar-refractivity contribution in [1.29, 1.82) is 0 Å². The van der Waals surface area contributed by atoms with Crippen molar-refractivity contribution in [3.63, 3.8) is 0 Å². The number of pyridine rings is 1. The van der Waals surface area contributed by atoms with Gasteiger partial charge in [0.05, 0.1) is 5.69 Å². The minimum Gasteiger partial charge on any atom is -0.396 e. The fourth-order valence-electron chi connectivity index (χ4n) is 2.12. The molecular weight excluding hydrogens is 214 g/mol. The van der Waals surface area contributed by atoms with Gasteiger partial charge in [0.1, 0.15) is 11.6 Å². The van der Waals surface area contributed by atoms with Gasteiger partial charge in [0, 0.05) is 32.2 Å². The van der Waals surface area contributed by atoms with Crippen LogP contribution in [0.15, 0.2) is 12.1 Å². The number of piperazine rings is 1. The first kappa shape index (κ1) is 12.0. The zero-order chi connectivity index (χ0) is 12.4. The highest BCUT2D eigenvalue weighted by atomic mass is 15.3. The van der Waals surface area contributed by atoms with Crippen molar-refractivity contribution in [2.24, 2.45) is 0 Å². The Morgan fingerprint density at radius 3 is 2.29 bits per heavy atom. The molecule has 17 heavy (non-hydrogen) atoms. The minimum atomic E-state index is 0.425. The summed E-state index contributed by atoms with van der Waals surface area (Å²) in [5, 5.41) is 0. The number of nitrogens with two attached hydrogens (primary N) is 2. The van der Waals surface area contributed by atoms with Crippen molar-refractivity contribution in [1.82, 2.24) is 9.88 Å². The number of anilines is 3. The average Bonchev–Trinajstić information content (AvgIpc) is 2.33. The van der Waals surface area contributed by atoms with E-state index in [1.807, 2.05) is 12.1 Å². The van der Waals surface area contributed by atoms with Gasteiger partial charge in [-0.3, -0.25) is 4.90 Å². The second-order valence-corrected chi connectivity index (χ2v) is 4.76. The third-order valence-corrected chi connectivity index (χ3v) is 3.31. The van der Waals surface area contributed by atoms with Crippen LogP contribution >= 0.6 is 0 Å². The van der Waals surface area contributed by atoms with E-state index >= 15 is 0 Å². The molecule has 94 valence electrons. The Morgan fingerprint density at radius 1 is 1.12 bits per heavy atom. The van der Waals surface area contributed by atoms with Crippen LogP contribution in [-0.2, 0) is 0 Å². The normalized spacial score (nSPS) is 17.7. The van der Waals surface area contributed by atoms with Crippen molar-refractivity contribution in [2.45, 2.75) is 19.9 Å². The first-order valence-corrected chi connectivity index (χ1v) is 6.09. The lowest BCUT2D eigenvalue weighted by Crippen LogP contribution is -2.49. The van der Waals surface area contributed by atoms with Crippen molar-refractivity contribution in [2.75, 3.05) is 42.5 Å². The lowest BCUT2D eigenvalue weighted by Gasteiger charge is -2.37. The van der Waals surface area contributed by atoms with Crippen LogP contribution in [0.1, 0.15) is 13.8 Å². The molecule has 1 aromatic heterocycles. The molecule has 0 saturated carbocycles. The summed E-state index contributed by atoms with van der Waals surface area (Å²) in [5.41, 5.74) is 11.9. The first-order chi connectivity index (χ1) is 8.08. The third-order valence-electron chi connectivity index (χ3n) is 3.31. The lowest BCUT2D eigenvalue weighted by atomic mass is 10.2. The van der Waals surface area contributed by atoms with E-state index in [0.29, 0.717) is 17.5 Å². The minimum absolute atomic E-state index is 0.425. The second-order valence-electron chi connectivity index (χ2n) is 4.76. The van der Waals surface area contributed by atoms with Crippen LogP contribution in [0.4, 0.5) is 17.3 Å². The molecule has 1 aliphatic rings. The van der Waals surface area contributed by atoms with Crippen LogP contribution in [0.3, 0.4) is 0 Å². The molecule has 1 saturated heterocycles. The van der Waals surface area contributed by atoms with Crippen LogP contribution in [0.2, 0.25) is 0 Å². The summed E-state index contributed by atoms with van der Waals surface area (Å²) in [6, 6.07) is 4.38. The Bertz CT molecular complexity index is 382. The van der Waals surface area contributed by atoms with Gasteiger partial charge in [-0.2, -0.15) is 0 Å². The van der Waals surface area contributed by atoms with Gasteiger partial charge < -0.3 is 16.4 Å². The molecule has 1 fully saturated rings. The van der Waals surface area contributed by atoms with Crippen molar-refractivity contribution >= 4 is 17.3 Å². The molecule has 0 amide bonds. The number of hydrogen-bond acceptors (Lipinski definition) is 5. The molecule has 0 unspecified atom stereocenters. The summed E-state index contributed by atoms with van der Waals surface area (Å²) in [5.74, 6) is 1.36. The van der Waals surface area contributed by atoms with E-state index in [1.54, 1.807) is 0 Å². The van der Waals surface area contributed by atoms with Crippen molar-refractivity contribution in [3.05, 3.63) is 12.1 Å². The van der Waals surface area contributed by atoms with E-state index in [9.17, 15) is 0 Å².